The fraction of sp³-hybridized carbons (Fsp3) is 0.917. The van der Waals surface area contributed by atoms with Crippen molar-refractivity contribution in [2.45, 2.75) is 52.9 Å². The van der Waals surface area contributed by atoms with E-state index in [-0.39, 0.29) is 18.1 Å². The number of carbonyl (C=O) groups is 1. The predicted octanol–water partition coefficient (Wildman–Crippen LogP) is 1.93. The van der Waals surface area contributed by atoms with E-state index < -0.39 is 0 Å². The summed E-state index contributed by atoms with van der Waals surface area (Å²) in [6.07, 6.45) is 0.173. The average molecular weight is 244 g/mol. The van der Waals surface area contributed by atoms with Crippen LogP contribution in [0.15, 0.2) is 0 Å². The molecule has 1 amide bonds. The Morgan fingerprint density at radius 2 is 2.06 bits per heavy atom. The molecule has 3 atom stereocenters. The van der Waals surface area contributed by atoms with Crippen molar-refractivity contribution in [1.29, 1.82) is 0 Å². The normalized spacial score (nSPS) is 27.9. The molecule has 94 valence electrons. The zero-order valence-electron chi connectivity index (χ0n) is 11.0. The van der Waals surface area contributed by atoms with Crippen LogP contribution in [0.25, 0.3) is 0 Å². The smallest absolute Gasteiger partial charge is 0.241 e. The summed E-state index contributed by atoms with van der Waals surface area (Å²) in [5, 5.41) is 3.38. The summed E-state index contributed by atoms with van der Waals surface area (Å²) in [5.41, 5.74) is 0. The maximum Gasteiger partial charge on any atom is 0.241 e. The van der Waals surface area contributed by atoms with Gasteiger partial charge in [0.2, 0.25) is 5.91 Å². The Kier molecular flexibility index (Phi) is 5.12. The van der Waals surface area contributed by atoms with E-state index in [4.69, 9.17) is 0 Å². The second kappa shape index (κ2) is 5.92. The number of amides is 1. The van der Waals surface area contributed by atoms with Gasteiger partial charge in [0.25, 0.3) is 0 Å². The summed E-state index contributed by atoms with van der Waals surface area (Å²) < 4.78 is 0. The van der Waals surface area contributed by atoms with E-state index in [1.54, 1.807) is 0 Å². The molecule has 1 rings (SSSR count). The number of hydrogen-bond acceptors (Lipinski definition) is 3. The molecule has 16 heavy (non-hydrogen) atoms. The molecule has 3 nitrogen and oxygen atoms in total. The molecular weight excluding hydrogens is 220 g/mol. The van der Waals surface area contributed by atoms with Crippen LogP contribution in [0.5, 0.6) is 0 Å². The highest BCUT2D eigenvalue weighted by molar-refractivity contribution is 7.99. The number of nitrogens with zero attached hydrogens (tertiary/aromatic N) is 1. The summed E-state index contributed by atoms with van der Waals surface area (Å²) in [6, 6.07) is 0.327. The summed E-state index contributed by atoms with van der Waals surface area (Å²) in [5.74, 6) is 2.78. The molecule has 0 aliphatic carbocycles. The number of rotatable bonds is 5. The van der Waals surface area contributed by atoms with Crippen LogP contribution in [-0.4, -0.2) is 40.6 Å². The Balaban J connectivity index is 2.63. The molecule has 0 saturated carbocycles. The number of thioether (sulfide) groups is 1. The third-order valence-corrected chi connectivity index (χ3v) is 4.19. The zero-order valence-corrected chi connectivity index (χ0v) is 11.8. The van der Waals surface area contributed by atoms with Crippen molar-refractivity contribution in [1.82, 2.24) is 10.2 Å². The molecule has 0 aromatic carbocycles. The van der Waals surface area contributed by atoms with Crippen LogP contribution in [0.3, 0.4) is 0 Å². The molecule has 0 radical (unpaired) electrons. The minimum absolute atomic E-state index is 0.00377. The maximum absolute atomic E-state index is 12.2. The molecule has 0 spiro atoms. The monoisotopic (exact) mass is 244 g/mol. The summed E-state index contributed by atoms with van der Waals surface area (Å²) in [6.45, 7) is 10.6. The van der Waals surface area contributed by atoms with Crippen molar-refractivity contribution in [3.05, 3.63) is 0 Å². The molecule has 1 saturated heterocycles. The Labute approximate surface area is 103 Å². The second-order valence-corrected chi connectivity index (χ2v) is 6.14. The fourth-order valence-corrected chi connectivity index (χ4v) is 2.95. The van der Waals surface area contributed by atoms with Crippen molar-refractivity contribution in [3.8, 4) is 0 Å². The third-order valence-electron chi connectivity index (χ3n) is 3.06. The van der Waals surface area contributed by atoms with Crippen LogP contribution in [0.2, 0.25) is 0 Å². The van der Waals surface area contributed by atoms with Gasteiger partial charge in [-0.25, -0.2) is 0 Å². The average Bonchev–Trinajstić information content (AvgIpc) is 2.51. The van der Waals surface area contributed by atoms with Gasteiger partial charge in [-0.1, -0.05) is 20.8 Å². The van der Waals surface area contributed by atoms with E-state index in [1.165, 1.54) is 0 Å². The maximum atomic E-state index is 12.2. The highest BCUT2D eigenvalue weighted by atomic mass is 32.2. The van der Waals surface area contributed by atoms with Gasteiger partial charge in [0.05, 0.1) is 12.2 Å². The lowest BCUT2D eigenvalue weighted by molar-refractivity contribution is -0.132. The van der Waals surface area contributed by atoms with E-state index in [0.29, 0.717) is 12.0 Å². The van der Waals surface area contributed by atoms with Gasteiger partial charge in [-0.15, -0.1) is 0 Å². The Hall–Kier alpha value is -0.220. The molecule has 1 aliphatic rings. The molecule has 0 aromatic heterocycles. The van der Waals surface area contributed by atoms with Crippen LogP contribution in [0, 0.1) is 5.92 Å². The van der Waals surface area contributed by atoms with Crippen molar-refractivity contribution in [2.75, 3.05) is 11.5 Å². The first-order chi connectivity index (χ1) is 7.49. The van der Waals surface area contributed by atoms with Gasteiger partial charge < -0.3 is 4.90 Å². The summed E-state index contributed by atoms with van der Waals surface area (Å²) in [4.78, 5) is 14.2. The van der Waals surface area contributed by atoms with E-state index in [1.807, 2.05) is 16.7 Å². The van der Waals surface area contributed by atoms with E-state index in [9.17, 15) is 4.79 Å². The molecular formula is C12H24N2OS. The first kappa shape index (κ1) is 13.8. The molecule has 0 aromatic rings. The van der Waals surface area contributed by atoms with Gasteiger partial charge in [0, 0.05) is 11.8 Å². The zero-order chi connectivity index (χ0) is 12.3. The lowest BCUT2D eigenvalue weighted by Crippen LogP contribution is -2.43. The third kappa shape index (κ3) is 2.92. The Morgan fingerprint density at radius 3 is 2.50 bits per heavy atom. The molecule has 1 fully saturated rings. The van der Waals surface area contributed by atoms with Gasteiger partial charge in [-0.05, 0) is 25.5 Å². The van der Waals surface area contributed by atoms with Crippen LogP contribution < -0.4 is 5.32 Å². The van der Waals surface area contributed by atoms with Gasteiger partial charge in [-0.3, -0.25) is 10.1 Å². The SMILES string of the molecule is CCSCC(C)N1C(=O)C(C(C)C)NC1C. The molecule has 1 aliphatic heterocycles. The highest BCUT2D eigenvalue weighted by Crippen LogP contribution is 2.21. The summed E-state index contributed by atoms with van der Waals surface area (Å²) in [7, 11) is 0. The van der Waals surface area contributed by atoms with E-state index in [0.717, 1.165) is 11.5 Å². The summed E-state index contributed by atoms with van der Waals surface area (Å²) >= 11 is 1.90. The van der Waals surface area contributed by atoms with Crippen LogP contribution in [0.1, 0.15) is 34.6 Å². The lowest BCUT2D eigenvalue weighted by Gasteiger charge is -2.28. The predicted molar refractivity (Wildman–Crippen MR) is 70.5 cm³/mol. The van der Waals surface area contributed by atoms with Gasteiger partial charge >= 0.3 is 0 Å². The van der Waals surface area contributed by atoms with E-state index >= 15 is 0 Å². The number of carbonyl (C=O) groups excluding carboxylic acids is 1. The molecule has 0 bridgehead atoms. The van der Waals surface area contributed by atoms with Crippen molar-refractivity contribution in [3.63, 3.8) is 0 Å². The number of hydrogen-bond donors (Lipinski definition) is 1. The second-order valence-electron chi connectivity index (χ2n) is 4.82. The standard InChI is InChI=1S/C12H24N2OS/c1-6-16-7-9(4)14-10(5)13-11(8(2)3)12(14)15/h8-11,13H,6-7H2,1-5H3. The number of nitrogens with one attached hydrogen (secondary N) is 1. The van der Waals surface area contributed by atoms with Crippen molar-refractivity contribution < 1.29 is 4.79 Å². The first-order valence-electron chi connectivity index (χ1n) is 6.15. The van der Waals surface area contributed by atoms with Crippen LogP contribution in [0.4, 0.5) is 0 Å². The molecule has 1 heterocycles. The minimum atomic E-state index is 0.00377. The largest absolute Gasteiger partial charge is 0.323 e. The highest BCUT2D eigenvalue weighted by Gasteiger charge is 2.39. The van der Waals surface area contributed by atoms with Crippen LogP contribution >= 0.6 is 11.8 Å². The van der Waals surface area contributed by atoms with E-state index in [2.05, 4.69) is 39.9 Å². The Bertz CT molecular complexity index is 245. The van der Waals surface area contributed by atoms with Gasteiger partial charge in [0.1, 0.15) is 0 Å². The Morgan fingerprint density at radius 1 is 1.44 bits per heavy atom. The lowest BCUT2D eigenvalue weighted by atomic mass is 10.0. The van der Waals surface area contributed by atoms with Crippen molar-refractivity contribution >= 4 is 17.7 Å². The van der Waals surface area contributed by atoms with Gasteiger partial charge in [-0.2, -0.15) is 11.8 Å². The molecule has 4 heteroatoms. The first-order valence-corrected chi connectivity index (χ1v) is 7.30. The molecule has 3 unspecified atom stereocenters. The quantitative estimate of drug-likeness (QED) is 0.802. The fourth-order valence-electron chi connectivity index (χ4n) is 2.21. The topological polar surface area (TPSA) is 32.3 Å². The minimum Gasteiger partial charge on any atom is -0.323 e. The van der Waals surface area contributed by atoms with Crippen LogP contribution in [-0.2, 0) is 4.79 Å². The molecule has 1 N–H and O–H groups in total. The van der Waals surface area contributed by atoms with Crippen molar-refractivity contribution in [2.24, 2.45) is 5.92 Å². The van der Waals surface area contributed by atoms with Gasteiger partial charge in [0.15, 0.2) is 0 Å².